The van der Waals surface area contributed by atoms with Crippen LogP contribution in [0.25, 0.3) is 0 Å². The molecule has 0 saturated carbocycles. The average Bonchev–Trinajstić information content (AvgIpc) is 3.05. The molecule has 12 heteroatoms. The van der Waals surface area contributed by atoms with Gasteiger partial charge in [-0.15, -0.1) is 0 Å². The van der Waals surface area contributed by atoms with Gasteiger partial charge >= 0.3 is 19.8 Å². The number of phosphoric ester groups is 1. The smallest absolute Gasteiger partial charge is 0.472 e. The topological polar surface area (TPSA) is 169 Å². The second kappa shape index (κ2) is 31.7. The van der Waals surface area contributed by atoms with E-state index in [-0.39, 0.29) is 12.8 Å². The summed E-state index contributed by atoms with van der Waals surface area (Å²) >= 11 is 0. The number of aliphatic carboxylic acids is 1. The first kappa shape index (κ1) is 45.4. The number of amides is 1. The number of nitrogens with one attached hydrogen (secondary N) is 1. The summed E-state index contributed by atoms with van der Waals surface area (Å²) in [5, 5.41) is 21.6. The third kappa shape index (κ3) is 30.8. The van der Waals surface area contributed by atoms with Crippen LogP contribution in [-0.4, -0.2) is 64.9 Å². The minimum Gasteiger partial charge on any atom is -0.480 e. The monoisotopic (exact) mass is 699 g/mol. The number of carboxylic acid groups (broad SMARTS) is 1. The Balaban J connectivity index is 4.06. The zero-order chi connectivity index (χ0) is 35.7. The maximum Gasteiger partial charge on any atom is 0.472 e. The lowest BCUT2D eigenvalue weighted by Crippen LogP contribution is -2.43. The number of rotatable bonds is 32. The van der Waals surface area contributed by atoms with E-state index in [1.807, 2.05) is 0 Å². The number of phosphoric acid groups is 1. The summed E-state index contributed by atoms with van der Waals surface area (Å²) in [7, 11) is -4.75. The number of carboxylic acids is 1. The van der Waals surface area contributed by atoms with Crippen molar-refractivity contribution in [2.75, 3.05) is 19.8 Å². The summed E-state index contributed by atoms with van der Waals surface area (Å²) in [4.78, 5) is 45.3. The number of hydrogen-bond donors (Lipinski definition) is 4. The molecule has 0 aromatic heterocycles. The van der Waals surface area contributed by atoms with Crippen LogP contribution in [0.2, 0.25) is 0 Å². The minimum absolute atomic E-state index is 0.106. The lowest BCUT2D eigenvalue weighted by Gasteiger charge is -2.18. The van der Waals surface area contributed by atoms with Crippen molar-refractivity contribution in [1.82, 2.24) is 5.32 Å². The molecule has 0 rings (SSSR count). The van der Waals surface area contributed by atoms with Gasteiger partial charge in [0.05, 0.1) is 13.2 Å². The molecule has 3 unspecified atom stereocenters. The van der Waals surface area contributed by atoms with E-state index < -0.39 is 57.6 Å². The fourth-order valence-corrected chi connectivity index (χ4v) is 5.07. The first-order valence-electron chi connectivity index (χ1n) is 17.7. The molecule has 0 heterocycles. The zero-order valence-electron chi connectivity index (χ0n) is 29.3. The van der Waals surface area contributed by atoms with E-state index in [0.717, 1.165) is 64.2 Å². The predicted octanol–water partition coefficient (Wildman–Crippen LogP) is 7.88. The highest BCUT2D eigenvalue weighted by atomic mass is 31.2. The molecule has 3 atom stereocenters. The molecule has 1 amide bonds. The van der Waals surface area contributed by atoms with Crippen LogP contribution in [0.4, 0.5) is 0 Å². The van der Waals surface area contributed by atoms with Gasteiger partial charge in [0.2, 0.25) is 5.91 Å². The summed E-state index contributed by atoms with van der Waals surface area (Å²) < 4.78 is 26.5. The van der Waals surface area contributed by atoms with Crippen molar-refractivity contribution in [2.24, 2.45) is 0 Å². The van der Waals surface area contributed by atoms with E-state index in [2.05, 4.69) is 72.3 Å². The van der Waals surface area contributed by atoms with Gasteiger partial charge in [0.25, 0.3) is 0 Å². The van der Waals surface area contributed by atoms with Gasteiger partial charge in [-0.25, -0.2) is 9.36 Å². The van der Waals surface area contributed by atoms with E-state index in [4.69, 9.17) is 9.26 Å². The zero-order valence-corrected chi connectivity index (χ0v) is 30.2. The molecule has 0 saturated heterocycles. The molecular weight excluding hydrogens is 637 g/mol. The fourth-order valence-electron chi connectivity index (χ4n) is 4.30. The summed E-state index contributed by atoms with van der Waals surface area (Å²) in [6.07, 6.45) is 32.0. The van der Waals surface area contributed by atoms with Crippen LogP contribution in [0.5, 0.6) is 0 Å². The molecule has 0 aromatic carbocycles. The first-order chi connectivity index (χ1) is 23.1. The van der Waals surface area contributed by atoms with Gasteiger partial charge in [0, 0.05) is 12.8 Å². The maximum atomic E-state index is 12.2. The van der Waals surface area contributed by atoms with Crippen LogP contribution in [0.3, 0.4) is 0 Å². The number of carbonyl (C=O) groups is 3. The van der Waals surface area contributed by atoms with E-state index in [9.17, 15) is 34.1 Å². The Hall–Kier alpha value is -2.56. The van der Waals surface area contributed by atoms with Crippen LogP contribution in [0.1, 0.15) is 129 Å². The van der Waals surface area contributed by atoms with Gasteiger partial charge in [0.1, 0.15) is 12.7 Å². The summed E-state index contributed by atoms with van der Waals surface area (Å²) in [6.45, 7) is 2.39. The van der Waals surface area contributed by atoms with Crippen molar-refractivity contribution in [3.63, 3.8) is 0 Å². The second-order valence-corrected chi connectivity index (χ2v) is 13.2. The summed E-state index contributed by atoms with van der Waals surface area (Å²) in [6, 6.07) is -1.56. The van der Waals surface area contributed by atoms with Gasteiger partial charge in [0.15, 0.2) is 6.04 Å². The van der Waals surface area contributed by atoms with E-state index in [1.54, 1.807) is 0 Å². The predicted molar refractivity (Wildman–Crippen MR) is 189 cm³/mol. The van der Waals surface area contributed by atoms with Crippen molar-refractivity contribution >= 4 is 25.7 Å². The molecule has 0 fully saturated rings. The molecule has 276 valence electrons. The second-order valence-electron chi connectivity index (χ2n) is 11.7. The minimum atomic E-state index is -4.75. The number of ether oxygens (including phenoxy) is 1. The van der Waals surface area contributed by atoms with Crippen LogP contribution >= 0.6 is 7.82 Å². The Bertz CT molecular complexity index is 1010. The van der Waals surface area contributed by atoms with Crippen molar-refractivity contribution in [2.45, 2.75) is 142 Å². The average molecular weight is 700 g/mol. The molecule has 0 radical (unpaired) electrons. The van der Waals surface area contributed by atoms with Crippen molar-refractivity contribution in [3.8, 4) is 0 Å². The number of carbonyl (C=O) groups excluding carboxylic acids is 2. The molecule has 0 aliphatic rings. The molecule has 0 spiro atoms. The lowest BCUT2D eigenvalue weighted by molar-refractivity contribution is -0.147. The Kier molecular flexibility index (Phi) is 30.0. The molecule has 0 bridgehead atoms. The first-order valence-corrected chi connectivity index (χ1v) is 19.2. The van der Waals surface area contributed by atoms with Gasteiger partial charge in [-0.2, -0.15) is 0 Å². The molecule has 0 aromatic rings. The lowest BCUT2D eigenvalue weighted by atomic mass is 10.1. The molecular formula is C36H62NO10P. The van der Waals surface area contributed by atoms with Crippen LogP contribution in [0.15, 0.2) is 48.6 Å². The largest absolute Gasteiger partial charge is 0.480 e. The summed E-state index contributed by atoms with van der Waals surface area (Å²) in [5.41, 5.74) is 0. The maximum absolute atomic E-state index is 12.2. The third-order valence-electron chi connectivity index (χ3n) is 7.12. The molecule has 0 aliphatic carbocycles. The third-order valence-corrected chi connectivity index (χ3v) is 8.07. The van der Waals surface area contributed by atoms with Gasteiger partial charge in [-0.05, 0) is 57.8 Å². The van der Waals surface area contributed by atoms with Crippen LogP contribution in [0, 0.1) is 0 Å². The SMILES string of the molecule is CCCCC/C=C\C/C=C\C/C=C\C/C=C\CCCCCC(=O)NC(COP(=O)(O)OCC(O)COC(=O)CCCCCCC)C(=O)O. The Labute approximate surface area is 288 Å². The molecule has 4 N–H and O–H groups in total. The number of esters is 1. The number of aliphatic hydroxyl groups is 1. The molecule has 0 aliphatic heterocycles. The highest BCUT2D eigenvalue weighted by Gasteiger charge is 2.28. The number of unbranched alkanes of at least 4 members (excludes halogenated alkanes) is 10. The van der Waals surface area contributed by atoms with Gasteiger partial charge in [-0.1, -0.05) is 107 Å². The van der Waals surface area contributed by atoms with Crippen molar-refractivity contribution < 1.29 is 47.8 Å². The fraction of sp³-hybridized carbons (Fsp3) is 0.694. The Morgan fingerprint density at radius 2 is 1.15 bits per heavy atom. The Morgan fingerprint density at radius 3 is 1.73 bits per heavy atom. The Morgan fingerprint density at radius 1 is 0.667 bits per heavy atom. The molecule has 48 heavy (non-hydrogen) atoms. The van der Waals surface area contributed by atoms with Crippen LogP contribution < -0.4 is 5.32 Å². The molecule has 11 nitrogen and oxygen atoms in total. The number of hydrogen-bond acceptors (Lipinski definition) is 8. The summed E-state index contributed by atoms with van der Waals surface area (Å²) in [5.74, 6) is -2.44. The number of aliphatic hydroxyl groups excluding tert-OH is 1. The van der Waals surface area contributed by atoms with E-state index in [0.29, 0.717) is 12.8 Å². The van der Waals surface area contributed by atoms with Crippen molar-refractivity contribution in [1.29, 1.82) is 0 Å². The normalized spacial score (nSPS) is 14.6. The van der Waals surface area contributed by atoms with Gasteiger partial charge < -0.3 is 25.2 Å². The van der Waals surface area contributed by atoms with Crippen LogP contribution in [-0.2, 0) is 32.7 Å². The standard InChI is InChI=1S/C36H62NO10P/c1-3-5-7-9-10-11-12-13-14-15-16-17-18-19-20-21-22-24-25-27-34(39)37-33(36(41)42)31-47-48(43,44)46-30-32(38)29-45-35(40)28-26-23-8-6-4-2/h10-11,13-14,16-17,19-20,32-33,38H,3-9,12,15,18,21-31H2,1-2H3,(H,37,39)(H,41,42)(H,43,44)/b11-10-,14-13-,17-16-,20-19-. The van der Waals surface area contributed by atoms with E-state index in [1.165, 1.54) is 25.7 Å². The van der Waals surface area contributed by atoms with Gasteiger partial charge in [-0.3, -0.25) is 18.6 Å². The van der Waals surface area contributed by atoms with E-state index >= 15 is 0 Å². The highest BCUT2D eigenvalue weighted by Crippen LogP contribution is 2.43. The number of allylic oxidation sites excluding steroid dienone is 8. The van der Waals surface area contributed by atoms with Crippen molar-refractivity contribution in [3.05, 3.63) is 48.6 Å². The quantitative estimate of drug-likeness (QED) is 0.0235. The highest BCUT2D eigenvalue weighted by molar-refractivity contribution is 7.47.